The third kappa shape index (κ3) is 3.08. The molecule has 2 aromatic heterocycles. The molecule has 106 valence electrons. The summed E-state index contributed by atoms with van der Waals surface area (Å²) in [5.74, 6) is -0.677. The molecule has 20 heavy (non-hydrogen) atoms. The van der Waals surface area contributed by atoms with Crippen molar-refractivity contribution in [1.82, 2.24) is 9.97 Å². The van der Waals surface area contributed by atoms with Crippen molar-refractivity contribution in [2.24, 2.45) is 5.73 Å². The Bertz CT molecular complexity index is 728. The normalized spacial score (nSPS) is 11.4. The van der Waals surface area contributed by atoms with Crippen LogP contribution in [0.3, 0.4) is 0 Å². The summed E-state index contributed by atoms with van der Waals surface area (Å²) in [5, 5.41) is 1.85. The number of nitrogen functional groups attached to an aromatic ring is 1. The molecule has 0 aliphatic carbocycles. The van der Waals surface area contributed by atoms with E-state index >= 15 is 0 Å². The van der Waals surface area contributed by atoms with Gasteiger partial charge in [-0.1, -0.05) is 17.8 Å². The van der Waals surface area contributed by atoms with E-state index in [0.29, 0.717) is 0 Å². The van der Waals surface area contributed by atoms with Gasteiger partial charge in [-0.3, -0.25) is 4.79 Å². The highest BCUT2D eigenvalue weighted by Gasteiger charge is 2.23. The van der Waals surface area contributed by atoms with Crippen molar-refractivity contribution in [3.63, 3.8) is 0 Å². The molecule has 0 saturated heterocycles. The van der Waals surface area contributed by atoms with Crippen molar-refractivity contribution in [3.05, 3.63) is 23.7 Å². The van der Waals surface area contributed by atoms with E-state index < -0.39 is 15.7 Å². The monoisotopic (exact) mass is 330 g/mol. The molecule has 2 rings (SSSR count). The van der Waals surface area contributed by atoms with Crippen LogP contribution in [0.4, 0.5) is 5.82 Å². The molecule has 2 heterocycles. The number of hydrogen-bond donors (Lipinski definition) is 2. The summed E-state index contributed by atoms with van der Waals surface area (Å²) in [6.45, 7) is 0. The zero-order chi connectivity index (χ0) is 14.8. The summed E-state index contributed by atoms with van der Waals surface area (Å²) in [6, 6.07) is 3.11. The van der Waals surface area contributed by atoms with E-state index in [1.54, 1.807) is 11.4 Å². The molecule has 0 aliphatic rings. The molecule has 0 saturated carbocycles. The summed E-state index contributed by atoms with van der Waals surface area (Å²) in [6.07, 6.45) is 1.14. The topological polar surface area (TPSA) is 129 Å². The Morgan fingerprint density at radius 3 is 2.75 bits per heavy atom. The first-order chi connectivity index (χ1) is 9.41. The molecule has 4 N–H and O–H groups in total. The van der Waals surface area contributed by atoms with Gasteiger partial charge in [-0.2, -0.15) is 0 Å². The summed E-state index contributed by atoms with van der Waals surface area (Å²) in [4.78, 5) is 18.3. The minimum atomic E-state index is -3.71. The minimum Gasteiger partial charge on any atom is -0.382 e. The summed E-state index contributed by atoms with van der Waals surface area (Å²) >= 11 is 2.08. The summed E-state index contributed by atoms with van der Waals surface area (Å²) in [5.41, 5.74) is 10.7. The van der Waals surface area contributed by atoms with Crippen LogP contribution in [-0.4, -0.2) is 30.0 Å². The van der Waals surface area contributed by atoms with E-state index in [0.717, 1.165) is 29.3 Å². The van der Waals surface area contributed by atoms with Crippen molar-refractivity contribution >= 4 is 44.7 Å². The maximum Gasteiger partial charge on any atom is 0.227 e. The number of thioether (sulfide) groups is 1. The molecule has 0 atom stereocenters. The van der Waals surface area contributed by atoms with Crippen LogP contribution in [0.2, 0.25) is 0 Å². The van der Waals surface area contributed by atoms with Crippen LogP contribution in [0.25, 0.3) is 0 Å². The van der Waals surface area contributed by atoms with E-state index in [-0.39, 0.29) is 25.8 Å². The number of amides is 1. The largest absolute Gasteiger partial charge is 0.382 e. The molecular formula is C10H10N4O3S3. The fraction of sp³-hybridized carbons (Fsp3) is 0.100. The second-order valence-corrected chi connectivity index (χ2v) is 7.63. The van der Waals surface area contributed by atoms with E-state index in [2.05, 4.69) is 9.97 Å². The van der Waals surface area contributed by atoms with Gasteiger partial charge in [0.1, 0.15) is 14.9 Å². The van der Waals surface area contributed by atoms with Gasteiger partial charge in [0.2, 0.25) is 15.7 Å². The van der Waals surface area contributed by atoms with Crippen LogP contribution in [0.1, 0.15) is 0 Å². The van der Waals surface area contributed by atoms with Gasteiger partial charge in [0.25, 0.3) is 0 Å². The SMILES string of the molecule is NC(=O)CSc1ncc(S(=O)(=O)c2cccs2)c(N)n1. The lowest BCUT2D eigenvalue weighted by atomic mass is 10.6. The van der Waals surface area contributed by atoms with Crippen molar-refractivity contribution in [1.29, 1.82) is 0 Å². The lowest BCUT2D eigenvalue weighted by Gasteiger charge is -2.05. The molecule has 0 radical (unpaired) electrons. The lowest BCUT2D eigenvalue weighted by Crippen LogP contribution is -2.14. The molecule has 7 nitrogen and oxygen atoms in total. The van der Waals surface area contributed by atoms with Gasteiger partial charge in [0.15, 0.2) is 5.16 Å². The van der Waals surface area contributed by atoms with E-state index in [4.69, 9.17) is 11.5 Å². The second kappa shape index (κ2) is 5.77. The second-order valence-electron chi connectivity index (χ2n) is 3.59. The molecule has 0 spiro atoms. The predicted molar refractivity (Wildman–Crippen MR) is 76.1 cm³/mol. The number of anilines is 1. The highest BCUT2D eigenvalue weighted by Crippen LogP contribution is 2.28. The zero-order valence-electron chi connectivity index (χ0n) is 10.0. The Balaban J connectivity index is 2.33. The maximum absolute atomic E-state index is 12.3. The fourth-order valence-electron chi connectivity index (χ4n) is 1.30. The number of aromatic nitrogens is 2. The number of nitrogens with two attached hydrogens (primary N) is 2. The quantitative estimate of drug-likeness (QED) is 0.604. The minimum absolute atomic E-state index is 0.00351. The average Bonchev–Trinajstić information content (AvgIpc) is 2.90. The van der Waals surface area contributed by atoms with Crippen LogP contribution in [0.5, 0.6) is 0 Å². The fourth-order valence-corrected chi connectivity index (χ4v) is 4.24. The van der Waals surface area contributed by atoms with Crippen molar-refractivity contribution in [2.75, 3.05) is 11.5 Å². The van der Waals surface area contributed by atoms with Crippen molar-refractivity contribution < 1.29 is 13.2 Å². The number of sulfone groups is 1. The summed E-state index contributed by atoms with van der Waals surface area (Å²) in [7, 11) is -3.71. The van der Waals surface area contributed by atoms with Crippen LogP contribution in [-0.2, 0) is 14.6 Å². The Labute approximate surface area is 123 Å². The zero-order valence-corrected chi connectivity index (χ0v) is 12.5. The van der Waals surface area contributed by atoms with Crippen LogP contribution in [0, 0.1) is 0 Å². The number of rotatable bonds is 5. The number of carbonyl (C=O) groups excluding carboxylic acids is 1. The third-order valence-corrected chi connectivity index (χ3v) is 6.21. The van der Waals surface area contributed by atoms with E-state index in [1.807, 2.05) is 0 Å². The van der Waals surface area contributed by atoms with Crippen molar-refractivity contribution in [3.8, 4) is 0 Å². The van der Waals surface area contributed by atoms with E-state index in [9.17, 15) is 13.2 Å². The highest BCUT2D eigenvalue weighted by molar-refractivity contribution is 7.99. The molecule has 0 aliphatic heterocycles. The van der Waals surface area contributed by atoms with Gasteiger partial charge in [-0.15, -0.1) is 11.3 Å². The molecule has 1 amide bonds. The smallest absolute Gasteiger partial charge is 0.227 e. The summed E-state index contributed by atoms with van der Waals surface area (Å²) < 4.78 is 24.7. The van der Waals surface area contributed by atoms with Gasteiger partial charge in [-0.25, -0.2) is 18.4 Å². The van der Waals surface area contributed by atoms with Crippen LogP contribution >= 0.6 is 23.1 Å². The van der Waals surface area contributed by atoms with Crippen LogP contribution in [0.15, 0.2) is 38.0 Å². The van der Waals surface area contributed by atoms with Crippen molar-refractivity contribution in [2.45, 2.75) is 14.3 Å². The standard InChI is InChI=1S/C10H10N4O3S3/c11-7(15)5-19-10-13-4-6(9(12)14-10)20(16,17)8-2-1-3-18-8/h1-4H,5H2,(H2,11,15)(H2,12,13,14). The Hall–Kier alpha value is -1.65. The first kappa shape index (κ1) is 14.8. The predicted octanol–water partition coefficient (Wildman–Crippen LogP) is 0.531. The van der Waals surface area contributed by atoms with Gasteiger partial charge < -0.3 is 11.5 Å². The van der Waals surface area contributed by atoms with Gasteiger partial charge >= 0.3 is 0 Å². The molecular weight excluding hydrogens is 320 g/mol. The van der Waals surface area contributed by atoms with Gasteiger partial charge in [0, 0.05) is 0 Å². The molecule has 0 bridgehead atoms. The Morgan fingerprint density at radius 1 is 1.45 bits per heavy atom. The molecule has 10 heteroatoms. The lowest BCUT2D eigenvalue weighted by molar-refractivity contribution is -0.115. The molecule has 0 unspecified atom stereocenters. The molecule has 0 fully saturated rings. The molecule has 2 aromatic rings. The Morgan fingerprint density at radius 2 is 2.20 bits per heavy atom. The number of primary amides is 1. The van der Waals surface area contributed by atoms with Crippen LogP contribution < -0.4 is 11.5 Å². The first-order valence-corrected chi connectivity index (χ1v) is 8.58. The maximum atomic E-state index is 12.3. The van der Waals surface area contributed by atoms with Gasteiger partial charge in [0.05, 0.1) is 11.9 Å². The third-order valence-electron chi connectivity index (χ3n) is 2.15. The first-order valence-electron chi connectivity index (χ1n) is 5.23. The number of hydrogen-bond acceptors (Lipinski definition) is 8. The van der Waals surface area contributed by atoms with Gasteiger partial charge in [-0.05, 0) is 11.4 Å². The van der Waals surface area contributed by atoms with E-state index in [1.165, 1.54) is 6.07 Å². The number of nitrogens with zero attached hydrogens (tertiary/aromatic N) is 2. The number of carbonyl (C=O) groups is 1. The average molecular weight is 330 g/mol. The Kier molecular flexibility index (Phi) is 4.26. The number of thiophene rings is 1. The highest BCUT2D eigenvalue weighted by atomic mass is 32.2. The molecule has 0 aromatic carbocycles.